The normalized spacial score (nSPS) is 10.8. The minimum Gasteiger partial charge on any atom is -0.224 e. The Balaban J connectivity index is 3.53. The highest BCUT2D eigenvalue weighted by molar-refractivity contribution is 7.90. The van der Waals surface area contributed by atoms with E-state index < -0.39 is 20.5 Å². The average molecular weight is 199 g/mol. The molecule has 0 amide bonds. The van der Waals surface area contributed by atoms with E-state index in [0.717, 1.165) is 12.3 Å². The van der Waals surface area contributed by atoms with E-state index in [4.69, 9.17) is 5.26 Å². The third kappa shape index (κ3) is 1.84. The molecule has 0 aliphatic rings. The Hall–Kier alpha value is -1.41. The molecule has 0 aromatic heterocycles. The first-order chi connectivity index (χ1) is 5.96. The molecule has 0 unspecified atom stereocenters. The number of halogens is 1. The van der Waals surface area contributed by atoms with E-state index in [1.54, 1.807) is 6.07 Å². The smallest absolute Gasteiger partial charge is 0.178 e. The molecule has 3 nitrogen and oxygen atoms in total. The van der Waals surface area contributed by atoms with E-state index in [1.165, 1.54) is 12.1 Å². The molecule has 1 aromatic rings. The van der Waals surface area contributed by atoms with Crippen molar-refractivity contribution in [1.82, 2.24) is 0 Å². The summed E-state index contributed by atoms with van der Waals surface area (Å²) in [6.45, 7) is 0. The van der Waals surface area contributed by atoms with Gasteiger partial charge in [-0.2, -0.15) is 5.26 Å². The Morgan fingerprint density at radius 1 is 1.46 bits per heavy atom. The standard InChI is InChI=1S/C8H6FNO2S/c1-13(11,12)7-4-2-3-6(5-10)8(7)9/h2-4H,1H3. The molecule has 5 heteroatoms. The van der Waals surface area contributed by atoms with Crippen LogP contribution < -0.4 is 0 Å². The number of benzene rings is 1. The molecule has 0 spiro atoms. The molecule has 0 N–H and O–H groups in total. The van der Waals surface area contributed by atoms with Crippen LogP contribution in [0.4, 0.5) is 4.39 Å². The minimum atomic E-state index is -3.59. The predicted molar refractivity (Wildman–Crippen MR) is 44.2 cm³/mol. The van der Waals surface area contributed by atoms with E-state index in [9.17, 15) is 12.8 Å². The SMILES string of the molecule is CS(=O)(=O)c1cccc(C#N)c1F. The van der Waals surface area contributed by atoms with Gasteiger partial charge in [-0.05, 0) is 12.1 Å². The lowest BCUT2D eigenvalue weighted by Crippen LogP contribution is -2.01. The van der Waals surface area contributed by atoms with Crippen LogP contribution in [-0.2, 0) is 9.84 Å². The first kappa shape index (κ1) is 9.68. The molecule has 0 heterocycles. The third-order valence-corrected chi connectivity index (χ3v) is 2.60. The fourth-order valence-electron chi connectivity index (χ4n) is 0.884. The van der Waals surface area contributed by atoms with E-state index in [1.807, 2.05) is 0 Å². The zero-order valence-corrected chi connectivity index (χ0v) is 7.60. The van der Waals surface area contributed by atoms with Crippen LogP contribution in [0.2, 0.25) is 0 Å². The lowest BCUT2D eigenvalue weighted by molar-refractivity contribution is 0.568. The second-order valence-electron chi connectivity index (χ2n) is 2.50. The number of rotatable bonds is 1. The summed E-state index contributed by atoms with van der Waals surface area (Å²) in [6, 6.07) is 5.26. The summed E-state index contributed by atoms with van der Waals surface area (Å²) >= 11 is 0. The van der Waals surface area contributed by atoms with Crippen molar-refractivity contribution in [1.29, 1.82) is 5.26 Å². The molecule has 0 aliphatic carbocycles. The summed E-state index contributed by atoms with van der Waals surface area (Å²) < 4.78 is 35.1. The van der Waals surface area contributed by atoms with Crippen LogP contribution in [0.15, 0.2) is 23.1 Å². The van der Waals surface area contributed by atoms with Crippen LogP contribution in [0.5, 0.6) is 0 Å². The van der Waals surface area contributed by atoms with Gasteiger partial charge < -0.3 is 0 Å². The summed E-state index contributed by atoms with van der Waals surface area (Å²) in [4.78, 5) is -0.438. The summed E-state index contributed by atoms with van der Waals surface area (Å²) in [7, 11) is -3.59. The maximum absolute atomic E-state index is 13.2. The van der Waals surface area contributed by atoms with Gasteiger partial charge in [0, 0.05) is 6.26 Å². The van der Waals surface area contributed by atoms with Crippen molar-refractivity contribution in [3.63, 3.8) is 0 Å². The predicted octanol–water partition coefficient (Wildman–Crippen LogP) is 1.10. The minimum absolute atomic E-state index is 0.261. The van der Waals surface area contributed by atoms with Crippen LogP contribution in [0.1, 0.15) is 5.56 Å². The lowest BCUT2D eigenvalue weighted by atomic mass is 10.2. The van der Waals surface area contributed by atoms with Gasteiger partial charge in [0.1, 0.15) is 11.0 Å². The van der Waals surface area contributed by atoms with Crippen LogP contribution in [-0.4, -0.2) is 14.7 Å². The van der Waals surface area contributed by atoms with Crippen molar-refractivity contribution in [2.45, 2.75) is 4.90 Å². The Morgan fingerprint density at radius 3 is 2.54 bits per heavy atom. The first-order valence-electron chi connectivity index (χ1n) is 3.35. The van der Waals surface area contributed by atoms with Crippen molar-refractivity contribution in [2.75, 3.05) is 6.26 Å². The molecule has 1 rings (SSSR count). The molecular formula is C8H6FNO2S. The molecule has 0 fully saturated rings. The van der Waals surface area contributed by atoms with Crippen molar-refractivity contribution in [3.05, 3.63) is 29.6 Å². The summed E-state index contributed by atoms with van der Waals surface area (Å²) in [5, 5.41) is 8.42. The number of sulfone groups is 1. The zero-order chi connectivity index (χ0) is 10.1. The van der Waals surface area contributed by atoms with E-state index in [0.29, 0.717) is 0 Å². The first-order valence-corrected chi connectivity index (χ1v) is 5.24. The fourth-order valence-corrected chi connectivity index (χ4v) is 1.64. The molecule has 0 atom stereocenters. The highest BCUT2D eigenvalue weighted by atomic mass is 32.2. The van der Waals surface area contributed by atoms with Gasteiger partial charge >= 0.3 is 0 Å². The van der Waals surface area contributed by atoms with Gasteiger partial charge in [0.25, 0.3) is 0 Å². The zero-order valence-electron chi connectivity index (χ0n) is 6.78. The summed E-state index contributed by atoms with van der Waals surface area (Å²) in [5.74, 6) is -0.979. The molecule has 0 saturated heterocycles. The average Bonchev–Trinajstić information content (AvgIpc) is 2.02. The molecular weight excluding hydrogens is 193 g/mol. The largest absolute Gasteiger partial charge is 0.224 e. The number of hydrogen-bond acceptors (Lipinski definition) is 3. The highest BCUT2D eigenvalue weighted by Gasteiger charge is 2.15. The van der Waals surface area contributed by atoms with Gasteiger partial charge in [0.05, 0.1) is 5.56 Å². The molecule has 13 heavy (non-hydrogen) atoms. The second-order valence-corrected chi connectivity index (χ2v) is 4.49. The highest BCUT2D eigenvalue weighted by Crippen LogP contribution is 2.16. The summed E-state index contributed by atoms with van der Waals surface area (Å²) in [5.41, 5.74) is -0.261. The molecule has 68 valence electrons. The van der Waals surface area contributed by atoms with Crippen LogP contribution >= 0.6 is 0 Å². The van der Waals surface area contributed by atoms with Gasteiger partial charge in [-0.25, -0.2) is 12.8 Å². The van der Waals surface area contributed by atoms with Gasteiger partial charge in [-0.1, -0.05) is 6.07 Å². The van der Waals surface area contributed by atoms with Crippen LogP contribution in [0.3, 0.4) is 0 Å². The number of nitrogens with zero attached hydrogens (tertiary/aromatic N) is 1. The second kappa shape index (κ2) is 3.15. The van der Waals surface area contributed by atoms with Gasteiger partial charge in [-0.15, -0.1) is 0 Å². The van der Waals surface area contributed by atoms with E-state index in [-0.39, 0.29) is 5.56 Å². The Morgan fingerprint density at radius 2 is 2.08 bits per heavy atom. The van der Waals surface area contributed by atoms with Gasteiger partial charge in [0.2, 0.25) is 0 Å². The topological polar surface area (TPSA) is 57.9 Å². The van der Waals surface area contributed by atoms with Crippen molar-refractivity contribution >= 4 is 9.84 Å². The Labute approximate surface area is 75.3 Å². The van der Waals surface area contributed by atoms with Crippen molar-refractivity contribution in [3.8, 4) is 6.07 Å². The lowest BCUT2D eigenvalue weighted by Gasteiger charge is -2.00. The van der Waals surface area contributed by atoms with Crippen LogP contribution in [0.25, 0.3) is 0 Å². The molecule has 1 aromatic carbocycles. The number of hydrogen-bond donors (Lipinski definition) is 0. The molecule has 0 bridgehead atoms. The Bertz CT molecular complexity index is 473. The third-order valence-electron chi connectivity index (χ3n) is 1.48. The van der Waals surface area contributed by atoms with Crippen LogP contribution in [0, 0.1) is 17.1 Å². The van der Waals surface area contributed by atoms with E-state index in [2.05, 4.69) is 0 Å². The van der Waals surface area contributed by atoms with Crippen molar-refractivity contribution < 1.29 is 12.8 Å². The van der Waals surface area contributed by atoms with Crippen molar-refractivity contribution in [2.24, 2.45) is 0 Å². The Kier molecular flexibility index (Phi) is 2.34. The molecule has 0 saturated carbocycles. The molecule has 0 radical (unpaired) electrons. The maximum Gasteiger partial charge on any atom is 0.178 e. The summed E-state index contributed by atoms with van der Waals surface area (Å²) in [6.07, 6.45) is 0.895. The molecule has 0 aliphatic heterocycles. The fraction of sp³-hybridized carbons (Fsp3) is 0.125. The van der Waals surface area contributed by atoms with Gasteiger partial charge in [0.15, 0.2) is 15.7 Å². The maximum atomic E-state index is 13.2. The van der Waals surface area contributed by atoms with Gasteiger partial charge in [-0.3, -0.25) is 0 Å². The van der Waals surface area contributed by atoms with E-state index >= 15 is 0 Å². The quantitative estimate of drug-likeness (QED) is 0.680. The number of nitriles is 1. The monoisotopic (exact) mass is 199 g/mol.